The molecule has 3 heteroatoms. The highest BCUT2D eigenvalue weighted by atomic mass is 14.9. The van der Waals surface area contributed by atoms with Gasteiger partial charge in [0, 0.05) is 23.7 Å². The van der Waals surface area contributed by atoms with E-state index in [1.165, 1.54) is 5.57 Å². The van der Waals surface area contributed by atoms with Gasteiger partial charge in [0.15, 0.2) is 0 Å². The van der Waals surface area contributed by atoms with Crippen LogP contribution < -0.4 is 11.1 Å². The molecule has 0 saturated heterocycles. The quantitative estimate of drug-likeness (QED) is 0.898. The molecule has 3 N–H and O–H groups in total. The normalized spacial score (nSPS) is 23.9. The summed E-state index contributed by atoms with van der Waals surface area (Å²) in [5, 5.41) is 12.5. The number of nitrogens with zero attached hydrogens (tertiary/aromatic N) is 1. The average Bonchev–Trinajstić information content (AvgIpc) is 2.55. The zero-order valence-corrected chi connectivity index (χ0v) is 12.5. The first-order chi connectivity index (χ1) is 10.7. The molecule has 0 heterocycles. The Kier molecular flexibility index (Phi) is 3.95. The molecule has 2 aliphatic carbocycles. The molecule has 0 bridgehead atoms. The van der Waals surface area contributed by atoms with Gasteiger partial charge in [-0.25, -0.2) is 0 Å². The average molecular weight is 289 g/mol. The summed E-state index contributed by atoms with van der Waals surface area (Å²) in [6.07, 6.45) is 12.4. The second kappa shape index (κ2) is 6.05. The Balaban J connectivity index is 1.78. The highest BCUT2D eigenvalue weighted by Crippen LogP contribution is 2.31. The van der Waals surface area contributed by atoms with E-state index in [2.05, 4.69) is 42.6 Å². The Morgan fingerprint density at radius 3 is 2.68 bits per heavy atom. The molecule has 1 aromatic carbocycles. The van der Waals surface area contributed by atoms with Crippen molar-refractivity contribution >= 4 is 0 Å². The maximum absolute atomic E-state index is 8.88. The molecule has 0 fully saturated rings. The fourth-order valence-corrected chi connectivity index (χ4v) is 2.96. The molecule has 0 aromatic heterocycles. The highest BCUT2D eigenvalue weighted by Gasteiger charge is 2.27. The van der Waals surface area contributed by atoms with Gasteiger partial charge in [0.25, 0.3) is 0 Å². The molecular weight excluding hydrogens is 270 g/mol. The minimum absolute atomic E-state index is 0.00290. The molecule has 3 atom stereocenters. The van der Waals surface area contributed by atoms with Crippen molar-refractivity contribution < 1.29 is 0 Å². The molecule has 0 amide bonds. The van der Waals surface area contributed by atoms with Crippen LogP contribution in [0, 0.1) is 17.2 Å². The third-order valence-corrected chi connectivity index (χ3v) is 4.19. The maximum atomic E-state index is 8.88. The van der Waals surface area contributed by atoms with Crippen molar-refractivity contribution in [2.75, 3.05) is 0 Å². The van der Waals surface area contributed by atoms with Crippen molar-refractivity contribution in [1.82, 2.24) is 5.32 Å². The summed E-state index contributed by atoms with van der Waals surface area (Å²) in [4.78, 5) is 0. The van der Waals surface area contributed by atoms with E-state index in [0.717, 1.165) is 11.3 Å². The molecule has 0 saturated carbocycles. The van der Waals surface area contributed by atoms with Crippen LogP contribution in [0.1, 0.15) is 24.1 Å². The highest BCUT2D eigenvalue weighted by molar-refractivity contribution is 5.44. The number of nitrogens with one attached hydrogen (secondary N) is 1. The second-order valence-corrected chi connectivity index (χ2v) is 5.69. The number of hydrogen-bond donors (Lipinski definition) is 2. The molecule has 1 aromatic rings. The van der Waals surface area contributed by atoms with E-state index in [0.29, 0.717) is 5.56 Å². The van der Waals surface area contributed by atoms with E-state index < -0.39 is 0 Å². The third-order valence-electron chi connectivity index (χ3n) is 4.19. The standard InChI is InChI=1S/C19H19N3/c1-13(15-10-8-14(12-20)9-11-15)22-18-7-3-5-16-4-2-6-17(21)19(16)18/h2-11,13,17,19,22H,21H2,1H3. The minimum Gasteiger partial charge on any atom is -0.381 e. The van der Waals surface area contributed by atoms with Gasteiger partial charge >= 0.3 is 0 Å². The number of nitrogens with two attached hydrogens (primary N) is 1. The van der Waals surface area contributed by atoms with Crippen LogP contribution in [-0.2, 0) is 0 Å². The van der Waals surface area contributed by atoms with Crippen LogP contribution >= 0.6 is 0 Å². The number of benzene rings is 1. The van der Waals surface area contributed by atoms with Gasteiger partial charge in [0.1, 0.15) is 0 Å². The van der Waals surface area contributed by atoms with Crippen molar-refractivity contribution in [3.05, 3.63) is 83.1 Å². The largest absolute Gasteiger partial charge is 0.381 e. The van der Waals surface area contributed by atoms with Crippen molar-refractivity contribution in [3.8, 4) is 6.07 Å². The Bertz CT molecular complexity index is 714. The molecule has 0 spiro atoms. The fraction of sp³-hybridized carbons (Fsp3) is 0.211. The van der Waals surface area contributed by atoms with Crippen molar-refractivity contribution in [3.63, 3.8) is 0 Å². The monoisotopic (exact) mass is 289 g/mol. The summed E-state index contributed by atoms with van der Waals surface area (Å²) >= 11 is 0. The first-order valence-electron chi connectivity index (χ1n) is 7.48. The molecular formula is C19H19N3. The Morgan fingerprint density at radius 1 is 1.18 bits per heavy atom. The molecule has 0 radical (unpaired) electrons. The predicted octanol–water partition coefficient (Wildman–Crippen LogP) is 3.10. The summed E-state index contributed by atoms with van der Waals surface area (Å²) in [6.45, 7) is 2.12. The number of allylic oxidation sites excluding steroid dienone is 5. The molecule has 110 valence electrons. The number of rotatable bonds is 3. The third kappa shape index (κ3) is 2.74. The van der Waals surface area contributed by atoms with Crippen LogP contribution in [0.25, 0.3) is 0 Å². The second-order valence-electron chi connectivity index (χ2n) is 5.69. The van der Waals surface area contributed by atoms with Gasteiger partial charge < -0.3 is 11.1 Å². The van der Waals surface area contributed by atoms with Crippen molar-refractivity contribution in [1.29, 1.82) is 5.26 Å². The van der Waals surface area contributed by atoms with Crippen LogP contribution in [0.15, 0.2) is 72.0 Å². The lowest BCUT2D eigenvalue weighted by atomic mass is 9.82. The van der Waals surface area contributed by atoms with E-state index in [9.17, 15) is 0 Å². The van der Waals surface area contributed by atoms with E-state index in [1.807, 2.05) is 36.4 Å². The Morgan fingerprint density at radius 2 is 1.95 bits per heavy atom. The van der Waals surface area contributed by atoms with Crippen LogP contribution in [0.5, 0.6) is 0 Å². The molecule has 0 aliphatic heterocycles. The van der Waals surface area contributed by atoms with Crippen LogP contribution in [0.4, 0.5) is 0 Å². The minimum atomic E-state index is -0.00290. The van der Waals surface area contributed by atoms with Gasteiger partial charge in [-0.1, -0.05) is 42.5 Å². The van der Waals surface area contributed by atoms with E-state index in [-0.39, 0.29) is 18.0 Å². The molecule has 3 rings (SSSR count). The van der Waals surface area contributed by atoms with Gasteiger partial charge in [-0.15, -0.1) is 0 Å². The lowest BCUT2D eigenvalue weighted by Crippen LogP contribution is -2.37. The molecule has 3 nitrogen and oxygen atoms in total. The first kappa shape index (κ1) is 14.4. The molecule has 2 aliphatic rings. The van der Waals surface area contributed by atoms with Gasteiger partial charge in [-0.05, 0) is 36.3 Å². The fourth-order valence-electron chi connectivity index (χ4n) is 2.96. The summed E-state index contributed by atoms with van der Waals surface area (Å²) < 4.78 is 0. The van der Waals surface area contributed by atoms with Crippen molar-refractivity contribution in [2.45, 2.75) is 19.0 Å². The summed E-state index contributed by atoms with van der Waals surface area (Å²) in [6, 6.07) is 9.99. The maximum Gasteiger partial charge on any atom is 0.0991 e. The van der Waals surface area contributed by atoms with E-state index >= 15 is 0 Å². The Labute approximate surface area is 131 Å². The first-order valence-corrected chi connectivity index (χ1v) is 7.48. The number of hydrogen-bond acceptors (Lipinski definition) is 3. The summed E-state index contributed by atoms with van der Waals surface area (Å²) in [7, 11) is 0. The lowest BCUT2D eigenvalue weighted by Gasteiger charge is -2.32. The topological polar surface area (TPSA) is 61.8 Å². The number of nitriles is 1. The lowest BCUT2D eigenvalue weighted by molar-refractivity contribution is 0.531. The van der Waals surface area contributed by atoms with E-state index in [4.69, 9.17) is 11.0 Å². The van der Waals surface area contributed by atoms with E-state index in [1.54, 1.807) is 0 Å². The van der Waals surface area contributed by atoms with Crippen LogP contribution in [-0.4, -0.2) is 6.04 Å². The Hall–Kier alpha value is -2.57. The van der Waals surface area contributed by atoms with Crippen LogP contribution in [0.3, 0.4) is 0 Å². The van der Waals surface area contributed by atoms with Gasteiger partial charge in [-0.3, -0.25) is 0 Å². The van der Waals surface area contributed by atoms with Crippen LogP contribution in [0.2, 0.25) is 0 Å². The predicted molar refractivity (Wildman–Crippen MR) is 88.6 cm³/mol. The summed E-state index contributed by atoms with van der Waals surface area (Å²) in [5.41, 5.74) is 10.5. The summed E-state index contributed by atoms with van der Waals surface area (Å²) in [5.74, 6) is 0.191. The smallest absolute Gasteiger partial charge is 0.0991 e. The number of fused-ring (bicyclic) bond motifs is 1. The SMILES string of the molecule is CC(NC1=CC=CC2=CC=CC(N)C21)c1ccc(C#N)cc1. The zero-order chi connectivity index (χ0) is 15.5. The van der Waals surface area contributed by atoms with Crippen molar-refractivity contribution in [2.24, 2.45) is 11.7 Å². The van der Waals surface area contributed by atoms with Gasteiger partial charge in [-0.2, -0.15) is 5.26 Å². The zero-order valence-electron chi connectivity index (χ0n) is 12.5. The van der Waals surface area contributed by atoms with Gasteiger partial charge in [0.05, 0.1) is 11.6 Å². The molecule has 3 unspecified atom stereocenters. The van der Waals surface area contributed by atoms with Gasteiger partial charge in [0.2, 0.25) is 0 Å². The molecule has 22 heavy (non-hydrogen) atoms.